The predicted octanol–water partition coefficient (Wildman–Crippen LogP) is 1.73. The van der Waals surface area contributed by atoms with Crippen LogP contribution in [0.15, 0.2) is 12.7 Å². The molecule has 0 aromatic carbocycles. The van der Waals surface area contributed by atoms with Crippen LogP contribution >= 0.6 is 0 Å². The minimum atomic E-state index is -2.05. The lowest BCUT2D eigenvalue weighted by Gasteiger charge is -2.70. The molecule has 1 aliphatic heterocycles. The number of rotatable bonds is 1. The van der Waals surface area contributed by atoms with Gasteiger partial charge in [0, 0.05) is 5.92 Å². The minimum absolute atomic E-state index is 0.0816. The van der Waals surface area contributed by atoms with Crippen molar-refractivity contribution in [1.82, 2.24) is 0 Å². The first kappa shape index (κ1) is 17.9. The third-order valence-corrected chi connectivity index (χ3v) is 8.61. The van der Waals surface area contributed by atoms with Crippen LogP contribution in [0.1, 0.15) is 59.3 Å². The minimum Gasteiger partial charge on any atom is -0.389 e. The van der Waals surface area contributed by atoms with Crippen LogP contribution in [0.3, 0.4) is 0 Å². The average molecular weight is 352 g/mol. The summed E-state index contributed by atoms with van der Waals surface area (Å²) in [6.45, 7) is 9.90. The Morgan fingerprint density at radius 3 is 2.36 bits per heavy atom. The molecule has 142 valence electrons. The van der Waals surface area contributed by atoms with Crippen molar-refractivity contribution in [1.29, 1.82) is 0 Å². The Morgan fingerprint density at radius 2 is 1.72 bits per heavy atom. The zero-order valence-corrected chi connectivity index (χ0v) is 15.6. The van der Waals surface area contributed by atoms with Gasteiger partial charge in [-0.25, -0.2) is 0 Å². The van der Waals surface area contributed by atoms with Gasteiger partial charge < -0.3 is 25.2 Å². The Labute approximate surface area is 149 Å². The third kappa shape index (κ3) is 1.64. The SMILES string of the molecule is C=C[C@@]1(C)CC[C@@]2(O)[C@H](C1)[C@@H](O)[C@@]1(O)OC[C@@]23CCCC(C)(C)[C@@]31O. The van der Waals surface area contributed by atoms with Crippen LogP contribution in [0.2, 0.25) is 0 Å². The molecular formula is C20H32O5. The molecule has 3 aliphatic carbocycles. The first-order valence-corrected chi connectivity index (χ1v) is 9.56. The Hall–Kier alpha value is -0.460. The number of ether oxygens (including phenoxy) is 1. The van der Waals surface area contributed by atoms with Gasteiger partial charge in [0.2, 0.25) is 5.79 Å². The normalized spacial score (nSPS) is 59.8. The van der Waals surface area contributed by atoms with E-state index in [-0.39, 0.29) is 12.0 Å². The maximum absolute atomic E-state index is 11.9. The molecule has 0 unspecified atom stereocenters. The van der Waals surface area contributed by atoms with E-state index in [9.17, 15) is 20.4 Å². The summed E-state index contributed by atoms with van der Waals surface area (Å²) < 4.78 is 5.78. The molecule has 4 aliphatic rings. The van der Waals surface area contributed by atoms with Crippen LogP contribution in [0.4, 0.5) is 0 Å². The lowest BCUT2D eigenvalue weighted by Crippen LogP contribution is -2.84. The summed E-state index contributed by atoms with van der Waals surface area (Å²) >= 11 is 0. The summed E-state index contributed by atoms with van der Waals surface area (Å²) in [6.07, 6.45) is 4.46. The molecule has 5 nitrogen and oxygen atoms in total. The second-order valence-corrected chi connectivity index (χ2v) is 10.1. The van der Waals surface area contributed by atoms with Gasteiger partial charge in [0.25, 0.3) is 0 Å². The van der Waals surface area contributed by atoms with Crippen LogP contribution < -0.4 is 0 Å². The summed E-state index contributed by atoms with van der Waals surface area (Å²) in [7, 11) is 0. The van der Waals surface area contributed by atoms with Gasteiger partial charge in [0.15, 0.2) is 0 Å². The van der Waals surface area contributed by atoms with E-state index in [1.165, 1.54) is 0 Å². The molecule has 4 rings (SSSR count). The van der Waals surface area contributed by atoms with Crippen LogP contribution in [-0.4, -0.2) is 50.1 Å². The molecule has 0 aromatic rings. The van der Waals surface area contributed by atoms with Crippen molar-refractivity contribution >= 4 is 0 Å². The standard InChI is InChI=1S/C20H32O5/c1-5-16(4)9-10-18(22)13(11-16)14(21)19(23)20(24)15(2,3)7-6-8-17(18,20)12-25-19/h5,13-14,21-24H,1,6-12H2,2-4H3/t13-,14-,16+,17+,18-,19-,20-/m1/s1. The van der Waals surface area contributed by atoms with Gasteiger partial charge in [-0.15, -0.1) is 6.58 Å². The highest BCUT2D eigenvalue weighted by Crippen LogP contribution is 2.74. The van der Waals surface area contributed by atoms with Crippen molar-refractivity contribution in [2.45, 2.75) is 82.4 Å². The molecule has 4 N–H and O–H groups in total. The van der Waals surface area contributed by atoms with E-state index in [4.69, 9.17) is 4.74 Å². The number of allylic oxidation sites excluding steroid dienone is 1. The highest BCUT2D eigenvalue weighted by Gasteiger charge is 2.87. The zero-order valence-electron chi connectivity index (χ0n) is 15.6. The molecule has 5 heteroatoms. The quantitative estimate of drug-likeness (QED) is 0.540. The molecule has 1 saturated heterocycles. The van der Waals surface area contributed by atoms with E-state index in [1.54, 1.807) is 0 Å². The fourth-order valence-electron chi connectivity index (χ4n) is 7.00. The van der Waals surface area contributed by atoms with E-state index in [1.807, 2.05) is 19.9 Å². The van der Waals surface area contributed by atoms with E-state index < -0.39 is 39.8 Å². The lowest BCUT2D eigenvalue weighted by molar-refractivity contribution is -0.401. The van der Waals surface area contributed by atoms with Crippen molar-refractivity contribution in [2.24, 2.45) is 22.2 Å². The highest BCUT2D eigenvalue weighted by molar-refractivity contribution is 5.33. The maximum atomic E-state index is 11.9. The number of aliphatic hydroxyl groups is 4. The third-order valence-electron chi connectivity index (χ3n) is 8.61. The van der Waals surface area contributed by atoms with Crippen molar-refractivity contribution in [2.75, 3.05) is 6.61 Å². The molecule has 0 amide bonds. The van der Waals surface area contributed by atoms with E-state index in [0.717, 1.165) is 19.3 Å². The molecule has 7 atom stereocenters. The largest absolute Gasteiger partial charge is 0.389 e. The first-order chi connectivity index (χ1) is 11.4. The lowest BCUT2D eigenvalue weighted by atomic mass is 9.38. The highest BCUT2D eigenvalue weighted by atomic mass is 16.7. The van der Waals surface area contributed by atoms with Crippen molar-refractivity contribution in [3.8, 4) is 0 Å². The van der Waals surface area contributed by atoms with Crippen molar-refractivity contribution in [3.63, 3.8) is 0 Å². The molecule has 1 heterocycles. The first-order valence-electron chi connectivity index (χ1n) is 9.56. The number of hydrogen-bond donors (Lipinski definition) is 4. The van der Waals surface area contributed by atoms with Gasteiger partial charge in [-0.2, -0.15) is 0 Å². The summed E-state index contributed by atoms with van der Waals surface area (Å²) in [6, 6.07) is 0. The Bertz CT molecular complexity index is 619. The van der Waals surface area contributed by atoms with E-state index in [0.29, 0.717) is 19.3 Å². The average Bonchev–Trinajstić information content (AvgIpc) is 2.78. The van der Waals surface area contributed by atoms with Crippen LogP contribution in [0, 0.1) is 22.2 Å². The molecule has 0 aromatic heterocycles. The van der Waals surface area contributed by atoms with Crippen LogP contribution in [0.5, 0.6) is 0 Å². The number of aliphatic hydroxyl groups excluding tert-OH is 1. The number of fused-ring (bicyclic) bond motifs is 1. The summed E-state index contributed by atoms with van der Waals surface area (Å²) in [5.41, 5.74) is -4.77. The van der Waals surface area contributed by atoms with Gasteiger partial charge in [-0.05, 0) is 42.9 Å². The van der Waals surface area contributed by atoms with Crippen molar-refractivity contribution < 1.29 is 25.2 Å². The number of hydrogen-bond acceptors (Lipinski definition) is 5. The fraction of sp³-hybridized carbons (Fsp3) is 0.900. The summed E-state index contributed by atoms with van der Waals surface area (Å²) in [5.74, 6) is -2.60. The Balaban J connectivity index is 1.93. The van der Waals surface area contributed by atoms with Gasteiger partial charge in [0.1, 0.15) is 11.7 Å². The summed E-state index contributed by atoms with van der Waals surface area (Å²) in [4.78, 5) is 0. The van der Waals surface area contributed by atoms with Gasteiger partial charge >= 0.3 is 0 Å². The molecule has 2 bridgehead atoms. The predicted molar refractivity (Wildman–Crippen MR) is 92.5 cm³/mol. The Morgan fingerprint density at radius 1 is 1.04 bits per heavy atom. The molecule has 0 radical (unpaired) electrons. The molecular weight excluding hydrogens is 320 g/mol. The smallest absolute Gasteiger partial charge is 0.223 e. The van der Waals surface area contributed by atoms with E-state index in [2.05, 4.69) is 13.5 Å². The fourth-order valence-corrected chi connectivity index (χ4v) is 7.00. The molecule has 3 saturated carbocycles. The van der Waals surface area contributed by atoms with Crippen LogP contribution in [0.25, 0.3) is 0 Å². The zero-order chi connectivity index (χ0) is 18.5. The Kier molecular flexibility index (Phi) is 3.36. The summed E-state index contributed by atoms with van der Waals surface area (Å²) in [5, 5.41) is 46.4. The molecule has 0 spiro atoms. The second-order valence-electron chi connectivity index (χ2n) is 10.1. The second kappa shape index (κ2) is 4.68. The molecule has 25 heavy (non-hydrogen) atoms. The monoisotopic (exact) mass is 352 g/mol. The maximum Gasteiger partial charge on any atom is 0.223 e. The van der Waals surface area contributed by atoms with Gasteiger partial charge in [-0.1, -0.05) is 33.3 Å². The molecule has 4 fully saturated rings. The van der Waals surface area contributed by atoms with Crippen LogP contribution in [-0.2, 0) is 4.74 Å². The van der Waals surface area contributed by atoms with E-state index >= 15 is 0 Å². The van der Waals surface area contributed by atoms with Crippen molar-refractivity contribution in [3.05, 3.63) is 12.7 Å². The van der Waals surface area contributed by atoms with Gasteiger partial charge in [0.05, 0.1) is 17.6 Å². The topological polar surface area (TPSA) is 90.2 Å². The van der Waals surface area contributed by atoms with Gasteiger partial charge in [-0.3, -0.25) is 0 Å².